The zero-order chi connectivity index (χ0) is 14.9. The number of benzene rings is 1. The van der Waals surface area contributed by atoms with Crippen LogP contribution < -0.4 is 0 Å². The molecule has 0 aromatic heterocycles. The number of piperidine rings is 1. The first kappa shape index (κ1) is 15.2. The predicted octanol–water partition coefficient (Wildman–Crippen LogP) is 2.77. The van der Waals surface area contributed by atoms with Crippen LogP contribution in [0.2, 0.25) is 0 Å². The number of aliphatic hydroxyl groups excluding tert-OH is 1. The molecule has 1 aliphatic heterocycles. The minimum atomic E-state index is -0.206. The lowest BCUT2D eigenvalue weighted by Crippen LogP contribution is -2.38. The number of aliphatic hydroxyl groups is 1. The fourth-order valence-corrected chi connectivity index (χ4v) is 3.41. The molecule has 0 spiro atoms. The number of aryl methyl sites for hydroxylation is 2. The van der Waals surface area contributed by atoms with Crippen molar-refractivity contribution in [3.8, 4) is 0 Å². The minimum Gasteiger partial charge on any atom is -0.392 e. The zero-order valence-corrected chi connectivity index (χ0v) is 13.0. The molecule has 0 radical (unpaired) electrons. The highest BCUT2D eigenvalue weighted by molar-refractivity contribution is 5.97. The predicted molar refractivity (Wildman–Crippen MR) is 81.2 cm³/mol. The molecular weight excluding hydrogens is 250 g/mol. The number of rotatable bonds is 3. The average Bonchev–Trinajstić information content (AvgIpc) is 2.33. The second-order valence-electron chi connectivity index (χ2n) is 6.08. The van der Waals surface area contributed by atoms with Gasteiger partial charge in [0.2, 0.25) is 0 Å². The fraction of sp³-hybridized carbons (Fsp3) is 0.588. The summed E-state index contributed by atoms with van der Waals surface area (Å²) in [5, 5.41) is 9.79. The number of nitrogens with zero attached hydrogens (tertiary/aromatic N) is 1. The molecule has 3 heteroatoms. The van der Waals surface area contributed by atoms with Gasteiger partial charge in [-0.05, 0) is 69.3 Å². The highest BCUT2D eigenvalue weighted by Crippen LogP contribution is 2.25. The monoisotopic (exact) mass is 275 g/mol. The van der Waals surface area contributed by atoms with Crippen LogP contribution in [0.5, 0.6) is 0 Å². The molecule has 0 bridgehead atoms. The molecule has 20 heavy (non-hydrogen) atoms. The molecule has 0 aliphatic carbocycles. The van der Waals surface area contributed by atoms with Gasteiger partial charge >= 0.3 is 0 Å². The zero-order valence-electron chi connectivity index (χ0n) is 13.0. The van der Waals surface area contributed by atoms with E-state index in [2.05, 4.69) is 17.9 Å². The molecule has 1 aliphatic rings. The van der Waals surface area contributed by atoms with Gasteiger partial charge in [-0.25, -0.2) is 0 Å². The normalized spacial score (nSPS) is 20.1. The summed E-state index contributed by atoms with van der Waals surface area (Å²) in [5.41, 5.74) is 5.52. The Hall–Kier alpha value is -1.19. The first-order valence-corrected chi connectivity index (χ1v) is 7.41. The van der Waals surface area contributed by atoms with Gasteiger partial charge in [-0.1, -0.05) is 6.07 Å². The van der Waals surface area contributed by atoms with Crippen molar-refractivity contribution in [1.82, 2.24) is 4.90 Å². The van der Waals surface area contributed by atoms with E-state index >= 15 is 0 Å². The SMILES string of the molecule is CC(=O)c1c(C)cc(C)c(CN2CCCC(O)C2)c1C. The maximum atomic E-state index is 11.8. The van der Waals surface area contributed by atoms with Crippen LogP contribution in [0.1, 0.15) is 52.4 Å². The molecule has 1 heterocycles. The van der Waals surface area contributed by atoms with Crippen molar-refractivity contribution in [2.45, 2.75) is 53.2 Å². The van der Waals surface area contributed by atoms with Crippen molar-refractivity contribution < 1.29 is 9.90 Å². The Bertz CT molecular complexity index is 522. The summed E-state index contributed by atoms with van der Waals surface area (Å²) in [4.78, 5) is 14.1. The molecule has 1 unspecified atom stereocenters. The quantitative estimate of drug-likeness (QED) is 0.862. The van der Waals surface area contributed by atoms with E-state index in [9.17, 15) is 9.90 Å². The van der Waals surface area contributed by atoms with Crippen molar-refractivity contribution in [2.24, 2.45) is 0 Å². The van der Waals surface area contributed by atoms with E-state index in [0.29, 0.717) is 0 Å². The minimum absolute atomic E-state index is 0.139. The van der Waals surface area contributed by atoms with Gasteiger partial charge < -0.3 is 5.11 Å². The van der Waals surface area contributed by atoms with E-state index in [4.69, 9.17) is 0 Å². The second-order valence-corrected chi connectivity index (χ2v) is 6.08. The first-order valence-electron chi connectivity index (χ1n) is 7.41. The van der Waals surface area contributed by atoms with Gasteiger partial charge in [-0.2, -0.15) is 0 Å². The lowest BCUT2D eigenvalue weighted by atomic mass is 9.91. The average molecular weight is 275 g/mol. The van der Waals surface area contributed by atoms with E-state index in [0.717, 1.165) is 49.2 Å². The maximum Gasteiger partial charge on any atom is 0.160 e. The molecule has 1 N–H and O–H groups in total. The first-order chi connectivity index (χ1) is 9.40. The molecule has 1 aromatic rings. The third-order valence-electron chi connectivity index (χ3n) is 4.35. The van der Waals surface area contributed by atoms with Gasteiger partial charge in [0.25, 0.3) is 0 Å². The standard InChI is InChI=1S/C17H25NO2/c1-11-8-12(2)17(14(4)19)13(3)16(11)10-18-7-5-6-15(20)9-18/h8,15,20H,5-7,9-10H2,1-4H3. The van der Waals surface area contributed by atoms with Gasteiger partial charge in [0.15, 0.2) is 5.78 Å². The molecule has 110 valence electrons. The molecule has 1 fully saturated rings. The number of Topliss-reactive ketones (excluding diaryl/α,β-unsaturated/α-hetero) is 1. The number of carbonyl (C=O) groups is 1. The number of carbonyl (C=O) groups excluding carboxylic acids is 1. The van der Waals surface area contributed by atoms with Gasteiger partial charge in [0.05, 0.1) is 6.10 Å². The summed E-state index contributed by atoms with van der Waals surface area (Å²) in [6, 6.07) is 2.11. The van der Waals surface area contributed by atoms with Crippen molar-refractivity contribution in [3.63, 3.8) is 0 Å². The van der Waals surface area contributed by atoms with E-state index < -0.39 is 0 Å². The summed E-state index contributed by atoms with van der Waals surface area (Å²) in [6.07, 6.45) is 1.74. The number of ketones is 1. The summed E-state index contributed by atoms with van der Waals surface area (Å²) < 4.78 is 0. The van der Waals surface area contributed by atoms with E-state index in [1.54, 1.807) is 6.92 Å². The molecule has 0 amide bonds. The number of β-amino-alcohol motifs (C(OH)–C–C–N with tert-alkyl or cyclic N) is 1. The largest absolute Gasteiger partial charge is 0.392 e. The Morgan fingerprint density at radius 3 is 2.65 bits per heavy atom. The molecule has 2 rings (SSSR count). The smallest absolute Gasteiger partial charge is 0.160 e. The number of hydrogen-bond acceptors (Lipinski definition) is 3. The van der Waals surface area contributed by atoms with Crippen molar-refractivity contribution >= 4 is 5.78 Å². The second kappa shape index (κ2) is 6.06. The van der Waals surface area contributed by atoms with Crippen LogP contribution in [-0.4, -0.2) is 35.0 Å². The van der Waals surface area contributed by atoms with Gasteiger partial charge in [0.1, 0.15) is 0 Å². The van der Waals surface area contributed by atoms with E-state index in [1.807, 2.05) is 13.8 Å². The number of likely N-dealkylation sites (tertiary alicyclic amines) is 1. The van der Waals surface area contributed by atoms with Crippen molar-refractivity contribution in [2.75, 3.05) is 13.1 Å². The topological polar surface area (TPSA) is 40.5 Å². The van der Waals surface area contributed by atoms with Gasteiger partial charge in [-0.3, -0.25) is 9.69 Å². The summed E-state index contributed by atoms with van der Waals surface area (Å²) in [7, 11) is 0. The third kappa shape index (κ3) is 3.10. The van der Waals surface area contributed by atoms with Gasteiger partial charge in [0, 0.05) is 18.7 Å². The maximum absolute atomic E-state index is 11.8. The molecule has 1 aromatic carbocycles. The summed E-state index contributed by atoms with van der Waals surface area (Å²) >= 11 is 0. The van der Waals surface area contributed by atoms with Crippen LogP contribution in [0.15, 0.2) is 6.07 Å². The van der Waals surface area contributed by atoms with Crippen LogP contribution in [0, 0.1) is 20.8 Å². The lowest BCUT2D eigenvalue weighted by Gasteiger charge is -2.31. The Balaban J connectivity index is 2.31. The fourth-order valence-electron chi connectivity index (χ4n) is 3.41. The molecule has 0 saturated carbocycles. The Kier molecular flexibility index (Phi) is 4.61. The summed E-state index contributed by atoms with van der Waals surface area (Å²) in [6.45, 7) is 10.4. The highest BCUT2D eigenvalue weighted by Gasteiger charge is 2.20. The van der Waals surface area contributed by atoms with Crippen LogP contribution in [-0.2, 0) is 6.54 Å². The Morgan fingerprint density at radius 2 is 2.05 bits per heavy atom. The summed E-state index contributed by atoms with van der Waals surface area (Å²) in [5.74, 6) is 0.139. The van der Waals surface area contributed by atoms with Gasteiger partial charge in [-0.15, -0.1) is 0 Å². The van der Waals surface area contributed by atoms with E-state index in [-0.39, 0.29) is 11.9 Å². The van der Waals surface area contributed by atoms with Crippen molar-refractivity contribution in [1.29, 1.82) is 0 Å². The molecule has 3 nitrogen and oxygen atoms in total. The lowest BCUT2D eigenvalue weighted by molar-refractivity contribution is 0.0666. The third-order valence-corrected chi connectivity index (χ3v) is 4.35. The van der Waals surface area contributed by atoms with Crippen molar-refractivity contribution in [3.05, 3.63) is 33.9 Å². The molecule has 1 saturated heterocycles. The van der Waals surface area contributed by atoms with Crippen LogP contribution in [0.25, 0.3) is 0 Å². The van der Waals surface area contributed by atoms with Crippen LogP contribution in [0.4, 0.5) is 0 Å². The molecule has 1 atom stereocenters. The van der Waals surface area contributed by atoms with Crippen LogP contribution in [0.3, 0.4) is 0 Å². The Morgan fingerprint density at radius 1 is 1.35 bits per heavy atom. The van der Waals surface area contributed by atoms with E-state index in [1.165, 1.54) is 11.1 Å². The number of hydrogen-bond donors (Lipinski definition) is 1. The Labute approximate surface area is 121 Å². The van der Waals surface area contributed by atoms with Crippen LogP contribution >= 0.6 is 0 Å². The highest BCUT2D eigenvalue weighted by atomic mass is 16.3. The molecular formula is C17H25NO2.